The number of sulfone groups is 1. The van der Waals surface area contributed by atoms with Crippen molar-refractivity contribution in [1.29, 1.82) is 0 Å². The lowest BCUT2D eigenvalue weighted by Gasteiger charge is -2.16. The molecule has 0 aliphatic carbocycles. The van der Waals surface area contributed by atoms with Gasteiger partial charge < -0.3 is 4.74 Å². The molecule has 2 rings (SSSR count). The number of Topliss-reactive ketones (excluding diaryl/α,β-unsaturated/α-hetero) is 1. The fourth-order valence-corrected chi connectivity index (χ4v) is 3.98. The van der Waals surface area contributed by atoms with Gasteiger partial charge in [0.05, 0.1) is 23.7 Å². The molecular weight excluding hydrogens is 312 g/mol. The van der Waals surface area contributed by atoms with Crippen molar-refractivity contribution in [3.8, 4) is 5.75 Å². The number of ether oxygens (including phenoxy) is 1. The smallest absolute Gasteiger partial charge is 0.179 e. The Morgan fingerprint density at radius 2 is 1.65 bits per heavy atom. The van der Waals surface area contributed by atoms with E-state index in [9.17, 15) is 13.2 Å². The Morgan fingerprint density at radius 1 is 1.04 bits per heavy atom. The molecule has 0 aromatic heterocycles. The van der Waals surface area contributed by atoms with Crippen molar-refractivity contribution in [3.05, 3.63) is 60.2 Å². The van der Waals surface area contributed by atoms with Gasteiger partial charge in [0.2, 0.25) is 0 Å². The minimum Gasteiger partial charge on any atom is -0.497 e. The Balaban J connectivity index is 2.34. The normalized spacial score (nSPS) is 12.6. The van der Waals surface area contributed by atoms with Crippen LogP contribution in [-0.4, -0.2) is 27.1 Å². The van der Waals surface area contributed by atoms with Crippen LogP contribution < -0.4 is 4.74 Å². The summed E-state index contributed by atoms with van der Waals surface area (Å²) in [7, 11) is -1.97. The van der Waals surface area contributed by atoms with E-state index in [1.807, 2.05) is 0 Å². The highest BCUT2D eigenvalue weighted by Gasteiger charge is 2.27. The number of carbonyl (C=O) groups excluding carboxylic acids is 1. The number of ketones is 1. The van der Waals surface area contributed by atoms with Gasteiger partial charge in [0.1, 0.15) is 11.5 Å². The van der Waals surface area contributed by atoms with E-state index in [1.54, 1.807) is 68.6 Å². The highest BCUT2D eigenvalue weighted by molar-refractivity contribution is 7.91. The average Bonchev–Trinajstić information content (AvgIpc) is 2.60. The highest BCUT2D eigenvalue weighted by Crippen LogP contribution is 2.25. The lowest BCUT2D eigenvalue weighted by atomic mass is 9.95. The van der Waals surface area contributed by atoms with Crippen LogP contribution in [0.5, 0.6) is 5.75 Å². The minimum atomic E-state index is -3.53. The van der Waals surface area contributed by atoms with Gasteiger partial charge in [-0.15, -0.1) is 0 Å². The van der Waals surface area contributed by atoms with Crippen LogP contribution in [0, 0.1) is 0 Å². The van der Waals surface area contributed by atoms with E-state index < -0.39 is 15.8 Å². The first-order chi connectivity index (χ1) is 11.0. The molecule has 0 heterocycles. The van der Waals surface area contributed by atoms with E-state index in [4.69, 9.17) is 4.74 Å². The van der Waals surface area contributed by atoms with Crippen LogP contribution in [-0.2, 0) is 14.6 Å². The summed E-state index contributed by atoms with van der Waals surface area (Å²) in [5, 5.41) is 0. The SMILES string of the molecule is CCC(=O)C(CS(=O)(=O)c1ccccc1)c1ccc(OC)cc1. The first-order valence-corrected chi connectivity index (χ1v) is 9.07. The van der Waals surface area contributed by atoms with Crippen molar-refractivity contribution in [2.75, 3.05) is 12.9 Å². The van der Waals surface area contributed by atoms with Gasteiger partial charge in [0.25, 0.3) is 0 Å². The van der Waals surface area contributed by atoms with Crippen molar-refractivity contribution in [1.82, 2.24) is 0 Å². The molecule has 1 unspecified atom stereocenters. The molecule has 2 aromatic rings. The zero-order chi connectivity index (χ0) is 16.9. The molecule has 5 heteroatoms. The summed E-state index contributed by atoms with van der Waals surface area (Å²) in [5.41, 5.74) is 0.692. The third-order valence-corrected chi connectivity index (χ3v) is 5.51. The molecule has 0 amide bonds. The molecule has 0 saturated heterocycles. The second-order valence-electron chi connectivity index (χ2n) is 5.24. The van der Waals surface area contributed by atoms with Crippen LogP contribution in [0.1, 0.15) is 24.8 Å². The molecule has 0 spiro atoms. The number of rotatable bonds is 7. The third kappa shape index (κ3) is 4.20. The molecule has 0 saturated carbocycles. The van der Waals surface area contributed by atoms with E-state index >= 15 is 0 Å². The second-order valence-corrected chi connectivity index (χ2v) is 7.27. The van der Waals surface area contributed by atoms with E-state index in [1.165, 1.54) is 0 Å². The largest absolute Gasteiger partial charge is 0.497 e. The molecule has 2 aromatic carbocycles. The second kappa shape index (κ2) is 7.42. The molecule has 0 N–H and O–H groups in total. The molecule has 0 aliphatic rings. The Labute approximate surface area is 137 Å². The molecule has 0 aliphatic heterocycles. The zero-order valence-corrected chi connectivity index (χ0v) is 14.0. The predicted octanol–water partition coefficient (Wildman–Crippen LogP) is 3.23. The molecule has 122 valence electrons. The van der Waals surface area contributed by atoms with Gasteiger partial charge >= 0.3 is 0 Å². The van der Waals surface area contributed by atoms with Crippen molar-refractivity contribution >= 4 is 15.6 Å². The van der Waals surface area contributed by atoms with E-state index in [0.29, 0.717) is 17.7 Å². The minimum absolute atomic E-state index is 0.0883. The maximum atomic E-state index is 12.6. The van der Waals surface area contributed by atoms with Gasteiger partial charge in [0.15, 0.2) is 9.84 Å². The van der Waals surface area contributed by atoms with Crippen LogP contribution in [0.25, 0.3) is 0 Å². The van der Waals surface area contributed by atoms with Crippen molar-refractivity contribution in [3.63, 3.8) is 0 Å². The Hall–Kier alpha value is -2.14. The molecule has 0 radical (unpaired) electrons. The number of benzene rings is 2. The summed E-state index contributed by atoms with van der Waals surface area (Å²) in [6.07, 6.45) is 0.293. The Bertz CT molecular complexity index is 749. The first kappa shape index (κ1) is 17.2. The van der Waals surface area contributed by atoms with Gasteiger partial charge in [-0.05, 0) is 29.8 Å². The van der Waals surface area contributed by atoms with Crippen LogP contribution in [0.4, 0.5) is 0 Å². The molecule has 0 fully saturated rings. The summed E-state index contributed by atoms with van der Waals surface area (Å²) in [6, 6.07) is 15.2. The number of carbonyl (C=O) groups is 1. The van der Waals surface area contributed by atoms with Crippen LogP contribution >= 0.6 is 0 Å². The lowest BCUT2D eigenvalue weighted by Crippen LogP contribution is -2.22. The van der Waals surface area contributed by atoms with Crippen LogP contribution in [0.3, 0.4) is 0 Å². The lowest BCUT2D eigenvalue weighted by molar-refractivity contribution is -0.119. The number of hydrogen-bond acceptors (Lipinski definition) is 4. The fourth-order valence-electron chi connectivity index (χ4n) is 2.40. The monoisotopic (exact) mass is 332 g/mol. The van der Waals surface area contributed by atoms with E-state index in [0.717, 1.165) is 0 Å². The molecule has 0 bridgehead atoms. The van der Waals surface area contributed by atoms with Gasteiger partial charge in [-0.3, -0.25) is 4.79 Å². The van der Waals surface area contributed by atoms with Crippen LogP contribution in [0.2, 0.25) is 0 Å². The van der Waals surface area contributed by atoms with Gasteiger partial charge in [-0.1, -0.05) is 37.3 Å². The molecular formula is C18H20O4S. The van der Waals surface area contributed by atoms with Crippen molar-refractivity contribution < 1.29 is 17.9 Å². The topological polar surface area (TPSA) is 60.4 Å². The average molecular weight is 332 g/mol. The first-order valence-electron chi connectivity index (χ1n) is 7.42. The zero-order valence-electron chi connectivity index (χ0n) is 13.2. The summed E-state index contributed by atoms with van der Waals surface area (Å²) in [5.74, 6) is -0.316. The Kier molecular flexibility index (Phi) is 5.55. The van der Waals surface area contributed by atoms with Gasteiger partial charge in [-0.2, -0.15) is 0 Å². The third-order valence-electron chi connectivity index (χ3n) is 3.74. The fraction of sp³-hybridized carbons (Fsp3) is 0.278. The standard InChI is InChI=1S/C18H20O4S/c1-3-18(19)17(14-9-11-15(22-2)12-10-14)13-23(20,21)16-7-5-4-6-8-16/h4-12,17H,3,13H2,1-2H3. The van der Waals surface area contributed by atoms with Gasteiger partial charge in [0, 0.05) is 6.42 Å². The molecule has 23 heavy (non-hydrogen) atoms. The van der Waals surface area contributed by atoms with Gasteiger partial charge in [-0.25, -0.2) is 8.42 Å². The number of hydrogen-bond donors (Lipinski definition) is 0. The maximum Gasteiger partial charge on any atom is 0.179 e. The highest BCUT2D eigenvalue weighted by atomic mass is 32.2. The maximum absolute atomic E-state index is 12.6. The van der Waals surface area contributed by atoms with E-state index in [2.05, 4.69) is 0 Å². The van der Waals surface area contributed by atoms with Crippen molar-refractivity contribution in [2.45, 2.75) is 24.2 Å². The number of methoxy groups -OCH3 is 1. The quantitative estimate of drug-likeness (QED) is 0.781. The predicted molar refractivity (Wildman–Crippen MR) is 89.5 cm³/mol. The molecule has 4 nitrogen and oxygen atoms in total. The van der Waals surface area contributed by atoms with Crippen LogP contribution in [0.15, 0.2) is 59.5 Å². The Morgan fingerprint density at radius 3 is 2.17 bits per heavy atom. The summed E-state index contributed by atoms with van der Waals surface area (Å²) in [4.78, 5) is 12.5. The summed E-state index contributed by atoms with van der Waals surface area (Å²) in [6.45, 7) is 1.74. The summed E-state index contributed by atoms with van der Waals surface area (Å²) < 4.78 is 30.3. The summed E-state index contributed by atoms with van der Waals surface area (Å²) >= 11 is 0. The van der Waals surface area contributed by atoms with Crippen molar-refractivity contribution in [2.24, 2.45) is 0 Å². The molecule has 1 atom stereocenters. The van der Waals surface area contributed by atoms with E-state index in [-0.39, 0.29) is 16.4 Å².